The molecule has 6 nitrogen and oxygen atoms in total. The monoisotopic (exact) mass is 426 g/mol. The van der Waals surface area contributed by atoms with Gasteiger partial charge in [0.05, 0.1) is 19.8 Å². The van der Waals surface area contributed by atoms with Crippen molar-refractivity contribution < 1.29 is 9.47 Å². The van der Waals surface area contributed by atoms with E-state index in [0.29, 0.717) is 18.0 Å². The van der Waals surface area contributed by atoms with Crippen LogP contribution in [0.5, 0.6) is 0 Å². The second-order valence-corrected chi connectivity index (χ2v) is 6.09. The van der Waals surface area contributed by atoms with E-state index in [1.54, 1.807) is 0 Å². The van der Waals surface area contributed by atoms with Gasteiger partial charge < -0.3 is 20.1 Å². The molecule has 0 bridgehead atoms. The van der Waals surface area contributed by atoms with Gasteiger partial charge >= 0.3 is 0 Å². The van der Waals surface area contributed by atoms with Crippen LogP contribution < -0.4 is 10.6 Å². The standard InChI is InChI=1S/C15H30N4O2.HI/c1-12(2)18-15(16-3)17-10-14(13-4-7-21-11-13)19-5-8-20-9-6-19;/h12-14H,4-11H2,1-3H3,(H2,16,17,18);1H. The van der Waals surface area contributed by atoms with Crippen molar-refractivity contribution in [1.29, 1.82) is 0 Å². The molecule has 0 aromatic heterocycles. The van der Waals surface area contributed by atoms with Crippen LogP contribution in [0, 0.1) is 5.92 Å². The van der Waals surface area contributed by atoms with E-state index in [9.17, 15) is 0 Å². The van der Waals surface area contributed by atoms with E-state index in [0.717, 1.165) is 58.4 Å². The third-order valence-corrected chi connectivity index (χ3v) is 4.15. The summed E-state index contributed by atoms with van der Waals surface area (Å²) in [6.07, 6.45) is 1.15. The lowest BCUT2D eigenvalue weighted by atomic mass is 9.97. The molecule has 2 saturated heterocycles. The molecule has 0 saturated carbocycles. The Labute approximate surface area is 151 Å². The predicted octanol–water partition coefficient (Wildman–Crippen LogP) is 0.915. The van der Waals surface area contributed by atoms with Gasteiger partial charge in [-0.05, 0) is 20.3 Å². The fraction of sp³-hybridized carbons (Fsp3) is 0.933. The van der Waals surface area contributed by atoms with Crippen molar-refractivity contribution in [3.63, 3.8) is 0 Å². The van der Waals surface area contributed by atoms with Gasteiger partial charge in [0, 0.05) is 51.3 Å². The maximum absolute atomic E-state index is 5.60. The minimum atomic E-state index is 0. The van der Waals surface area contributed by atoms with E-state index in [2.05, 4.69) is 34.4 Å². The summed E-state index contributed by atoms with van der Waals surface area (Å²) in [5, 5.41) is 6.82. The molecule has 0 amide bonds. The lowest BCUT2D eigenvalue weighted by Crippen LogP contribution is -2.54. The molecule has 2 aliphatic heterocycles. The van der Waals surface area contributed by atoms with Crippen molar-refractivity contribution in [2.75, 3.05) is 53.1 Å². The second-order valence-electron chi connectivity index (χ2n) is 6.09. The highest BCUT2D eigenvalue weighted by Gasteiger charge is 2.31. The third-order valence-electron chi connectivity index (χ3n) is 4.15. The molecule has 2 unspecified atom stereocenters. The SMILES string of the molecule is CN=C(NCC(C1CCOC1)N1CCOCC1)NC(C)C.I. The van der Waals surface area contributed by atoms with Crippen LogP contribution in [-0.4, -0.2) is 76.1 Å². The molecule has 2 N–H and O–H groups in total. The number of aliphatic imine (C=N–C) groups is 1. The molecule has 130 valence electrons. The Morgan fingerprint density at radius 2 is 1.95 bits per heavy atom. The molecular weight excluding hydrogens is 395 g/mol. The molecule has 0 aromatic rings. The average Bonchev–Trinajstić information content (AvgIpc) is 3.01. The summed E-state index contributed by atoms with van der Waals surface area (Å²) in [6.45, 7) is 10.6. The van der Waals surface area contributed by atoms with Crippen LogP contribution in [0.25, 0.3) is 0 Å². The first kappa shape index (κ1) is 19.9. The van der Waals surface area contributed by atoms with Gasteiger partial charge in [0.25, 0.3) is 0 Å². The Kier molecular flexibility index (Phi) is 9.62. The zero-order valence-corrected chi connectivity index (χ0v) is 16.3. The second kappa shape index (κ2) is 10.6. The lowest BCUT2D eigenvalue weighted by Gasteiger charge is -2.37. The average molecular weight is 426 g/mol. The fourth-order valence-corrected chi connectivity index (χ4v) is 3.03. The maximum Gasteiger partial charge on any atom is 0.191 e. The lowest BCUT2D eigenvalue weighted by molar-refractivity contribution is 0.00246. The molecule has 2 aliphatic rings. The molecule has 22 heavy (non-hydrogen) atoms. The molecule has 2 rings (SSSR count). The molecule has 0 aromatic carbocycles. The van der Waals surface area contributed by atoms with Crippen LogP contribution in [0.4, 0.5) is 0 Å². The van der Waals surface area contributed by atoms with E-state index in [1.807, 2.05) is 7.05 Å². The molecule has 7 heteroatoms. The fourth-order valence-electron chi connectivity index (χ4n) is 3.03. The summed E-state index contributed by atoms with van der Waals surface area (Å²) in [6, 6.07) is 0.870. The van der Waals surface area contributed by atoms with Crippen molar-refractivity contribution in [3.8, 4) is 0 Å². The smallest absolute Gasteiger partial charge is 0.191 e. The normalized spacial score (nSPS) is 24.9. The number of morpholine rings is 1. The highest BCUT2D eigenvalue weighted by Crippen LogP contribution is 2.21. The Bertz CT molecular complexity index is 330. The quantitative estimate of drug-likeness (QED) is 0.389. The Morgan fingerprint density at radius 3 is 2.50 bits per heavy atom. The van der Waals surface area contributed by atoms with Gasteiger partial charge in [0.15, 0.2) is 5.96 Å². The van der Waals surface area contributed by atoms with Crippen LogP contribution in [0.3, 0.4) is 0 Å². The number of hydrogen-bond acceptors (Lipinski definition) is 4. The highest BCUT2D eigenvalue weighted by atomic mass is 127. The van der Waals surface area contributed by atoms with E-state index >= 15 is 0 Å². The van der Waals surface area contributed by atoms with Gasteiger partial charge in [-0.2, -0.15) is 0 Å². The van der Waals surface area contributed by atoms with Crippen LogP contribution in [0.1, 0.15) is 20.3 Å². The van der Waals surface area contributed by atoms with Gasteiger partial charge in [-0.25, -0.2) is 0 Å². The number of nitrogens with one attached hydrogen (secondary N) is 2. The Hall–Kier alpha value is -0.120. The van der Waals surface area contributed by atoms with Crippen molar-refractivity contribution in [1.82, 2.24) is 15.5 Å². The van der Waals surface area contributed by atoms with Crippen molar-refractivity contribution in [3.05, 3.63) is 0 Å². The number of guanidine groups is 1. The van der Waals surface area contributed by atoms with E-state index in [1.165, 1.54) is 0 Å². The first-order chi connectivity index (χ1) is 10.2. The van der Waals surface area contributed by atoms with Crippen LogP contribution in [0.2, 0.25) is 0 Å². The van der Waals surface area contributed by atoms with Gasteiger partial charge in [0.1, 0.15) is 0 Å². The third kappa shape index (κ3) is 6.17. The van der Waals surface area contributed by atoms with Gasteiger partial charge in [0.2, 0.25) is 0 Å². The summed E-state index contributed by atoms with van der Waals surface area (Å²) < 4.78 is 11.1. The number of halogens is 1. The molecule has 0 radical (unpaired) electrons. The highest BCUT2D eigenvalue weighted by molar-refractivity contribution is 14.0. The first-order valence-electron chi connectivity index (χ1n) is 8.07. The number of ether oxygens (including phenoxy) is 2. The summed E-state index contributed by atoms with van der Waals surface area (Å²) in [5.74, 6) is 1.48. The van der Waals surface area contributed by atoms with E-state index in [4.69, 9.17) is 9.47 Å². The zero-order chi connectivity index (χ0) is 15.1. The van der Waals surface area contributed by atoms with Gasteiger partial charge in [-0.15, -0.1) is 24.0 Å². The van der Waals surface area contributed by atoms with Crippen LogP contribution in [0.15, 0.2) is 4.99 Å². The van der Waals surface area contributed by atoms with E-state index in [-0.39, 0.29) is 24.0 Å². The summed E-state index contributed by atoms with van der Waals surface area (Å²) in [7, 11) is 1.82. The molecule has 2 fully saturated rings. The van der Waals surface area contributed by atoms with Gasteiger partial charge in [-0.3, -0.25) is 9.89 Å². The Morgan fingerprint density at radius 1 is 1.23 bits per heavy atom. The van der Waals surface area contributed by atoms with Crippen molar-refractivity contribution >= 4 is 29.9 Å². The Balaban J connectivity index is 0.00000242. The van der Waals surface area contributed by atoms with Crippen molar-refractivity contribution in [2.24, 2.45) is 10.9 Å². The first-order valence-corrected chi connectivity index (χ1v) is 8.07. The minimum Gasteiger partial charge on any atom is -0.381 e. The summed E-state index contributed by atoms with van der Waals surface area (Å²) in [5.41, 5.74) is 0. The van der Waals surface area contributed by atoms with E-state index < -0.39 is 0 Å². The topological polar surface area (TPSA) is 58.1 Å². The summed E-state index contributed by atoms with van der Waals surface area (Å²) >= 11 is 0. The number of nitrogens with zero attached hydrogens (tertiary/aromatic N) is 2. The molecular formula is C15H31IN4O2. The predicted molar refractivity (Wildman–Crippen MR) is 100 cm³/mol. The molecule has 0 aliphatic carbocycles. The number of rotatable bonds is 5. The number of hydrogen-bond donors (Lipinski definition) is 2. The molecule has 2 atom stereocenters. The van der Waals surface area contributed by atoms with Crippen LogP contribution in [-0.2, 0) is 9.47 Å². The maximum atomic E-state index is 5.60. The van der Waals surface area contributed by atoms with Crippen LogP contribution >= 0.6 is 24.0 Å². The van der Waals surface area contributed by atoms with Gasteiger partial charge in [-0.1, -0.05) is 0 Å². The summed E-state index contributed by atoms with van der Waals surface area (Å²) in [4.78, 5) is 6.83. The minimum absolute atomic E-state index is 0. The largest absolute Gasteiger partial charge is 0.381 e. The molecule has 0 spiro atoms. The van der Waals surface area contributed by atoms with Crippen molar-refractivity contribution in [2.45, 2.75) is 32.4 Å². The zero-order valence-electron chi connectivity index (χ0n) is 14.0. The molecule has 2 heterocycles.